The molecule has 0 bridgehead atoms. The lowest BCUT2D eigenvalue weighted by Gasteiger charge is -2.42. The molecule has 8 heteroatoms. The number of hydrogen-bond acceptors (Lipinski definition) is 6. The average molecular weight is 455 g/mol. The van der Waals surface area contributed by atoms with Crippen LogP contribution in [-0.4, -0.2) is 45.9 Å². The summed E-state index contributed by atoms with van der Waals surface area (Å²) in [5.74, 6) is -0.551. The van der Waals surface area contributed by atoms with Crippen molar-refractivity contribution in [1.29, 1.82) is 0 Å². The number of carbonyl (C=O) groups excluding carboxylic acids is 1. The predicted molar refractivity (Wildman–Crippen MR) is 117 cm³/mol. The highest BCUT2D eigenvalue weighted by Gasteiger charge is 2.60. The maximum atomic E-state index is 13.4. The van der Waals surface area contributed by atoms with Crippen LogP contribution in [0, 0.1) is 0 Å². The van der Waals surface area contributed by atoms with Gasteiger partial charge in [-0.3, -0.25) is 4.79 Å². The second-order valence-electron chi connectivity index (χ2n) is 10.0. The lowest BCUT2D eigenvalue weighted by molar-refractivity contribution is -0.195. The third-order valence-electron chi connectivity index (χ3n) is 6.85. The zero-order valence-corrected chi connectivity index (χ0v) is 20.6. The molecule has 1 aliphatic carbocycles. The lowest BCUT2D eigenvalue weighted by Crippen LogP contribution is -2.50. The number of benzene rings is 1. The minimum Gasteiger partial charge on any atom is -0.434 e. The maximum Gasteiger partial charge on any atom is 0.304 e. The van der Waals surface area contributed by atoms with Crippen LogP contribution in [0.1, 0.15) is 53.4 Å². The van der Waals surface area contributed by atoms with E-state index >= 15 is 0 Å². The monoisotopic (exact) mass is 454 g/mol. The van der Waals surface area contributed by atoms with E-state index in [0.717, 1.165) is 12.8 Å². The highest BCUT2D eigenvalue weighted by molar-refractivity contribution is 7.92. The lowest BCUT2D eigenvalue weighted by atomic mass is 9.96. The fourth-order valence-electron chi connectivity index (χ4n) is 4.17. The molecule has 2 fully saturated rings. The Morgan fingerprint density at radius 2 is 1.83 bits per heavy atom. The molecule has 168 valence electrons. The molecule has 1 aromatic carbocycles. The van der Waals surface area contributed by atoms with Crippen LogP contribution >= 0.6 is 0 Å². The first-order chi connectivity index (χ1) is 13.8. The van der Waals surface area contributed by atoms with Gasteiger partial charge in [-0.15, -0.1) is 0 Å². The molecule has 0 unspecified atom stereocenters. The standard InChI is InChI=1S/C22H34O6SSi/c1-16(23)26-20-18(29(24,25)17-11-8-7-9-12-17)15-22(27-20)14-10-13-19(22)28-30(5,6)21(2,3)4/h7-9,11-12,18-20H,10,13-15H2,1-6H3/t18-,19+,20-,22+/m1/s1. The Bertz CT molecular complexity index is 877. The SMILES string of the molecule is CC(=O)O[C@@H]1O[C@@]2(CCC[C@@H]2O[Si](C)(C)C(C)(C)C)C[C@H]1S(=O)(=O)c1ccccc1. The molecule has 1 aliphatic heterocycles. The van der Waals surface area contributed by atoms with Crippen molar-refractivity contribution >= 4 is 24.1 Å². The van der Waals surface area contributed by atoms with Crippen LogP contribution in [0.25, 0.3) is 0 Å². The van der Waals surface area contributed by atoms with Gasteiger partial charge < -0.3 is 13.9 Å². The van der Waals surface area contributed by atoms with E-state index in [0.29, 0.717) is 6.42 Å². The minimum absolute atomic E-state index is 0.0280. The molecule has 3 rings (SSSR count). The van der Waals surface area contributed by atoms with Gasteiger partial charge in [-0.25, -0.2) is 8.42 Å². The molecule has 1 heterocycles. The third kappa shape index (κ3) is 4.37. The molecular weight excluding hydrogens is 420 g/mol. The van der Waals surface area contributed by atoms with Crippen LogP contribution in [0.3, 0.4) is 0 Å². The predicted octanol–water partition coefficient (Wildman–Crippen LogP) is 4.45. The number of carbonyl (C=O) groups is 1. The second-order valence-corrected chi connectivity index (χ2v) is 16.9. The molecule has 0 radical (unpaired) electrons. The molecule has 0 amide bonds. The van der Waals surface area contributed by atoms with Gasteiger partial charge in [0.2, 0.25) is 6.29 Å². The zero-order chi connectivity index (χ0) is 22.4. The van der Waals surface area contributed by atoms with Crippen LogP contribution in [0.2, 0.25) is 18.1 Å². The van der Waals surface area contributed by atoms with Gasteiger partial charge in [-0.05, 0) is 49.5 Å². The highest BCUT2D eigenvalue weighted by atomic mass is 32.2. The fourth-order valence-corrected chi connectivity index (χ4v) is 7.36. The Kier molecular flexibility index (Phi) is 6.28. The van der Waals surface area contributed by atoms with E-state index in [1.165, 1.54) is 6.92 Å². The first kappa shape index (κ1) is 23.4. The van der Waals surface area contributed by atoms with Crippen molar-refractivity contribution in [2.75, 3.05) is 0 Å². The summed E-state index contributed by atoms with van der Waals surface area (Å²) in [7, 11) is -5.83. The molecule has 1 spiro atoms. The van der Waals surface area contributed by atoms with E-state index < -0.39 is 41.3 Å². The summed E-state index contributed by atoms with van der Waals surface area (Å²) in [4.78, 5) is 11.9. The van der Waals surface area contributed by atoms with E-state index in [1.807, 2.05) is 0 Å². The van der Waals surface area contributed by atoms with Gasteiger partial charge in [0.05, 0.1) is 16.6 Å². The van der Waals surface area contributed by atoms with Gasteiger partial charge in [0, 0.05) is 13.3 Å². The van der Waals surface area contributed by atoms with E-state index in [-0.39, 0.29) is 22.5 Å². The van der Waals surface area contributed by atoms with E-state index in [4.69, 9.17) is 13.9 Å². The Labute approximate surface area is 181 Å². The molecular formula is C22H34O6SSi. The van der Waals surface area contributed by atoms with Crippen molar-refractivity contribution in [1.82, 2.24) is 0 Å². The zero-order valence-electron chi connectivity index (χ0n) is 18.8. The molecule has 4 atom stereocenters. The summed E-state index contributed by atoms with van der Waals surface area (Å²) >= 11 is 0. The van der Waals surface area contributed by atoms with Crippen LogP contribution in [0.15, 0.2) is 35.2 Å². The summed E-state index contributed by atoms with van der Waals surface area (Å²) in [5, 5.41) is -0.924. The number of sulfone groups is 1. The van der Waals surface area contributed by atoms with Crippen molar-refractivity contribution < 1.29 is 27.1 Å². The molecule has 2 aliphatic rings. The van der Waals surface area contributed by atoms with Crippen molar-refractivity contribution in [3.05, 3.63) is 30.3 Å². The smallest absolute Gasteiger partial charge is 0.304 e. The van der Waals surface area contributed by atoms with Gasteiger partial charge in [0.25, 0.3) is 0 Å². The summed E-state index contributed by atoms with van der Waals surface area (Å²) in [6.45, 7) is 12.2. The quantitative estimate of drug-likeness (QED) is 0.483. The molecule has 0 aromatic heterocycles. The van der Waals surface area contributed by atoms with Gasteiger partial charge in [-0.1, -0.05) is 39.0 Å². The fraction of sp³-hybridized carbons (Fsp3) is 0.682. The molecule has 30 heavy (non-hydrogen) atoms. The van der Waals surface area contributed by atoms with Crippen molar-refractivity contribution in [2.24, 2.45) is 0 Å². The Balaban J connectivity index is 1.94. The normalized spacial score (nSPS) is 30.0. The first-order valence-electron chi connectivity index (χ1n) is 10.6. The Morgan fingerprint density at radius 3 is 2.40 bits per heavy atom. The third-order valence-corrected chi connectivity index (χ3v) is 13.5. The molecule has 1 aromatic rings. The van der Waals surface area contributed by atoms with Gasteiger partial charge in [-0.2, -0.15) is 0 Å². The van der Waals surface area contributed by atoms with Gasteiger partial charge in [0.15, 0.2) is 18.2 Å². The highest BCUT2D eigenvalue weighted by Crippen LogP contribution is 2.50. The van der Waals surface area contributed by atoms with Crippen LogP contribution in [0.4, 0.5) is 0 Å². The summed E-state index contributed by atoms with van der Waals surface area (Å²) in [5.41, 5.74) is -0.748. The number of esters is 1. The molecule has 0 N–H and O–H groups in total. The number of hydrogen-bond donors (Lipinski definition) is 0. The number of ether oxygens (including phenoxy) is 2. The van der Waals surface area contributed by atoms with Crippen molar-refractivity contribution in [2.45, 2.75) is 99.7 Å². The largest absolute Gasteiger partial charge is 0.434 e. The van der Waals surface area contributed by atoms with E-state index in [9.17, 15) is 13.2 Å². The van der Waals surface area contributed by atoms with Gasteiger partial charge >= 0.3 is 5.97 Å². The van der Waals surface area contributed by atoms with Crippen LogP contribution in [0.5, 0.6) is 0 Å². The second kappa shape index (κ2) is 8.04. The summed E-state index contributed by atoms with van der Waals surface area (Å²) < 4.78 is 45.2. The minimum atomic E-state index is -3.74. The summed E-state index contributed by atoms with van der Waals surface area (Å²) in [6.07, 6.45) is 1.34. The van der Waals surface area contributed by atoms with E-state index in [2.05, 4.69) is 33.9 Å². The van der Waals surface area contributed by atoms with Crippen LogP contribution in [-0.2, 0) is 28.5 Å². The Hall–Kier alpha value is -1.22. The van der Waals surface area contributed by atoms with Crippen molar-refractivity contribution in [3.63, 3.8) is 0 Å². The maximum absolute atomic E-state index is 13.4. The number of rotatable bonds is 5. The van der Waals surface area contributed by atoms with Gasteiger partial charge in [0.1, 0.15) is 5.25 Å². The Morgan fingerprint density at radius 1 is 1.20 bits per heavy atom. The van der Waals surface area contributed by atoms with E-state index in [1.54, 1.807) is 30.3 Å². The summed E-state index contributed by atoms with van der Waals surface area (Å²) in [6, 6.07) is 8.30. The molecule has 1 saturated carbocycles. The average Bonchev–Trinajstić information content (AvgIpc) is 3.18. The molecule has 1 saturated heterocycles. The molecule has 6 nitrogen and oxygen atoms in total. The first-order valence-corrected chi connectivity index (χ1v) is 15.1. The van der Waals surface area contributed by atoms with Crippen LogP contribution < -0.4 is 0 Å². The topological polar surface area (TPSA) is 78.9 Å². The van der Waals surface area contributed by atoms with Crippen molar-refractivity contribution in [3.8, 4) is 0 Å².